The summed E-state index contributed by atoms with van der Waals surface area (Å²) in [7, 11) is -0.919. The summed E-state index contributed by atoms with van der Waals surface area (Å²) in [6, 6.07) is 1.53. The molecule has 0 aliphatic carbocycles. The molecule has 0 unspecified atom stereocenters. The van der Waals surface area contributed by atoms with Crippen LogP contribution in [0.3, 0.4) is 0 Å². The van der Waals surface area contributed by atoms with E-state index < -0.39 is 8.07 Å². The fourth-order valence-corrected chi connectivity index (χ4v) is 5.40. The van der Waals surface area contributed by atoms with Gasteiger partial charge in [-0.2, -0.15) is 0 Å². The molecular formula is C13H26Si. The summed E-state index contributed by atoms with van der Waals surface area (Å²) in [5.41, 5.74) is 0. The molecule has 0 amide bonds. The lowest BCUT2D eigenvalue weighted by molar-refractivity contribution is 0.667. The monoisotopic (exact) mass is 210 g/mol. The predicted octanol–water partition coefficient (Wildman–Crippen LogP) is 4.92. The van der Waals surface area contributed by atoms with Gasteiger partial charge in [0.1, 0.15) is 0 Å². The van der Waals surface area contributed by atoms with Crippen LogP contribution in [0.5, 0.6) is 0 Å². The van der Waals surface area contributed by atoms with Crippen LogP contribution in [0.25, 0.3) is 0 Å². The second-order valence-electron chi connectivity index (χ2n) is 5.32. The standard InChI is InChI=1S/C13H26Si/c1-4-5-6-7-10-13-11-8-9-12-14(13,2)3/h11H,4-10,12H2,1-3H3. The van der Waals surface area contributed by atoms with Crippen molar-refractivity contribution < 1.29 is 0 Å². The van der Waals surface area contributed by atoms with Crippen molar-refractivity contribution >= 4 is 8.07 Å². The van der Waals surface area contributed by atoms with Crippen molar-refractivity contribution in [1.29, 1.82) is 0 Å². The van der Waals surface area contributed by atoms with E-state index >= 15 is 0 Å². The van der Waals surface area contributed by atoms with Crippen LogP contribution in [0.1, 0.15) is 51.9 Å². The number of hydrogen-bond donors (Lipinski definition) is 0. The van der Waals surface area contributed by atoms with Gasteiger partial charge in [-0.3, -0.25) is 0 Å². The SMILES string of the molecule is CCCCCCC1=CCCC[Si]1(C)C. The highest BCUT2D eigenvalue weighted by Crippen LogP contribution is 2.31. The average molecular weight is 210 g/mol. The van der Waals surface area contributed by atoms with Gasteiger partial charge in [0.05, 0.1) is 8.07 Å². The topological polar surface area (TPSA) is 0 Å². The van der Waals surface area contributed by atoms with Crippen LogP contribution < -0.4 is 0 Å². The maximum Gasteiger partial charge on any atom is 0.0750 e. The molecule has 0 fully saturated rings. The van der Waals surface area contributed by atoms with E-state index in [1.165, 1.54) is 51.0 Å². The zero-order valence-electron chi connectivity index (χ0n) is 10.2. The molecule has 0 bridgehead atoms. The summed E-state index contributed by atoms with van der Waals surface area (Å²) in [5, 5.41) is 1.87. The van der Waals surface area contributed by atoms with Crippen molar-refractivity contribution in [2.45, 2.75) is 71.0 Å². The molecule has 0 spiro atoms. The van der Waals surface area contributed by atoms with Crippen molar-refractivity contribution in [1.82, 2.24) is 0 Å². The first-order valence-electron chi connectivity index (χ1n) is 6.36. The Balaban J connectivity index is 2.31. The molecule has 0 N–H and O–H groups in total. The lowest BCUT2D eigenvalue weighted by Gasteiger charge is -2.30. The summed E-state index contributed by atoms with van der Waals surface area (Å²) in [4.78, 5) is 0. The quantitative estimate of drug-likeness (QED) is 0.446. The van der Waals surface area contributed by atoms with Crippen molar-refractivity contribution in [3.05, 3.63) is 11.3 Å². The molecule has 1 aliphatic heterocycles. The molecule has 0 saturated carbocycles. The first-order valence-corrected chi connectivity index (χ1v) is 9.57. The summed E-state index contributed by atoms with van der Waals surface area (Å²) in [5.74, 6) is 0. The second-order valence-corrected chi connectivity index (χ2v) is 10.2. The zero-order valence-corrected chi connectivity index (χ0v) is 11.2. The highest BCUT2D eigenvalue weighted by molar-refractivity contribution is 6.84. The molecule has 0 radical (unpaired) electrons. The van der Waals surface area contributed by atoms with Crippen LogP contribution in [-0.4, -0.2) is 8.07 Å². The molecule has 1 rings (SSSR count). The van der Waals surface area contributed by atoms with Crippen molar-refractivity contribution in [2.75, 3.05) is 0 Å². The zero-order chi connectivity index (χ0) is 10.4. The Morgan fingerprint density at radius 3 is 2.64 bits per heavy atom. The third kappa shape index (κ3) is 3.60. The summed E-state index contributed by atoms with van der Waals surface area (Å²) >= 11 is 0. The predicted molar refractivity (Wildman–Crippen MR) is 68.4 cm³/mol. The molecule has 0 aromatic heterocycles. The molecule has 0 nitrogen and oxygen atoms in total. The third-order valence-electron chi connectivity index (χ3n) is 3.57. The fraction of sp³-hybridized carbons (Fsp3) is 0.846. The Hall–Kier alpha value is -0.0431. The fourth-order valence-electron chi connectivity index (χ4n) is 2.44. The van der Waals surface area contributed by atoms with Gasteiger partial charge in [0, 0.05) is 0 Å². The summed E-state index contributed by atoms with van der Waals surface area (Å²) in [6.45, 7) is 7.40. The third-order valence-corrected chi connectivity index (χ3v) is 7.36. The average Bonchev–Trinajstić information content (AvgIpc) is 2.14. The Labute approximate surface area is 90.8 Å². The summed E-state index contributed by atoms with van der Waals surface area (Å²) < 4.78 is 0. The molecule has 1 heteroatoms. The number of unbranched alkanes of at least 4 members (excludes halogenated alkanes) is 3. The normalized spacial score (nSPS) is 20.6. The molecular weight excluding hydrogens is 184 g/mol. The van der Waals surface area contributed by atoms with Gasteiger partial charge in [0.15, 0.2) is 0 Å². The van der Waals surface area contributed by atoms with Gasteiger partial charge in [-0.15, -0.1) is 0 Å². The molecule has 1 aliphatic rings. The van der Waals surface area contributed by atoms with E-state index in [2.05, 4.69) is 26.1 Å². The molecule has 1 heterocycles. The smallest absolute Gasteiger partial charge is 0.0750 e. The minimum atomic E-state index is -0.919. The molecule has 0 aromatic carbocycles. The van der Waals surface area contributed by atoms with Crippen LogP contribution in [0.15, 0.2) is 11.3 Å². The van der Waals surface area contributed by atoms with Crippen molar-refractivity contribution in [3.8, 4) is 0 Å². The molecule has 0 atom stereocenters. The number of rotatable bonds is 5. The van der Waals surface area contributed by atoms with Gasteiger partial charge in [-0.05, 0) is 19.3 Å². The Kier molecular flexibility index (Phi) is 4.94. The van der Waals surface area contributed by atoms with Crippen LogP contribution in [0, 0.1) is 0 Å². The Bertz CT molecular complexity index is 191. The van der Waals surface area contributed by atoms with Gasteiger partial charge in [-0.25, -0.2) is 0 Å². The Morgan fingerprint density at radius 1 is 1.21 bits per heavy atom. The van der Waals surface area contributed by atoms with Gasteiger partial charge in [0.25, 0.3) is 0 Å². The molecule has 0 aromatic rings. The van der Waals surface area contributed by atoms with Gasteiger partial charge in [0.2, 0.25) is 0 Å². The van der Waals surface area contributed by atoms with Crippen LogP contribution in [0.4, 0.5) is 0 Å². The number of allylic oxidation sites excluding steroid dienone is 2. The van der Waals surface area contributed by atoms with E-state index in [0.29, 0.717) is 0 Å². The highest BCUT2D eigenvalue weighted by atomic mass is 28.3. The maximum atomic E-state index is 2.57. The lowest BCUT2D eigenvalue weighted by Crippen LogP contribution is -2.31. The number of hydrogen-bond acceptors (Lipinski definition) is 0. The minimum Gasteiger partial charge on any atom is -0.0892 e. The van der Waals surface area contributed by atoms with Crippen molar-refractivity contribution in [2.24, 2.45) is 0 Å². The van der Waals surface area contributed by atoms with Crippen LogP contribution >= 0.6 is 0 Å². The van der Waals surface area contributed by atoms with E-state index in [1.54, 1.807) is 0 Å². The van der Waals surface area contributed by atoms with Crippen LogP contribution in [-0.2, 0) is 0 Å². The molecule has 14 heavy (non-hydrogen) atoms. The van der Waals surface area contributed by atoms with E-state index in [1.807, 2.05) is 5.20 Å². The maximum absolute atomic E-state index is 2.57. The van der Waals surface area contributed by atoms with E-state index in [9.17, 15) is 0 Å². The van der Waals surface area contributed by atoms with Gasteiger partial charge < -0.3 is 0 Å². The molecule has 0 saturated heterocycles. The van der Waals surface area contributed by atoms with E-state index in [-0.39, 0.29) is 0 Å². The minimum absolute atomic E-state index is 0.919. The molecule has 82 valence electrons. The highest BCUT2D eigenvalue weighted by Gasteiger charge is 2.26. The summed E-state index contributed by atoms with van der Waals surface area (Å²) in [6.07, 6.45) is 12.5. The second kappa shape index (κ2) is 5.74. The van der Waals surface area contributed by atoms with Crippen LogP contribution in [0.2, 0.25) is 19.1 Å². The van der Waals surface area contributed by atoms with E-state index in [0.717, 1.165) is 0 Å². The van der Waals surface area contributed by atoms with E-state index in [4.69, 9.17) is 0 Å². The van der Waals surface area contributed by atoms with Crippen molar-refractivity contribution in [3.63, 3.8) is 0 Å². The first-order chi connectivity index (χ1) is 6.67. The lowest BCUT2D eigenvalue weighted by atomic mass is 10.1. The van der Waals surface area contributed by atoms with Gasteiger partial charge >= 0.3 is 0 Å². The first kappa shape index (κ1) is 12.0. The Morgan fingerprint density at radius 2 is 2.00 bits per heavy atom. The largest absolute Gasteiger partial charge is 0.0892 e. The van der Waals surface area contributed by atoms with Gasteiger partial charge in [-0.1, -0.05) is 63.0 Å².